The Hall–Kier alpha value is -1.23. The van der Waals surface area contributed by atoms with E-state index in [9.17, 15) is 0 Å². The van der Waals surface area contributed by atoms with Crippen LogP contribution in [0.5, 0.6) is 0 Å². The first-order valence-electron chi connectivity index (χ1n) is 6.67. The molecular formula is C16H20BrN3. The van der Waals surface area contributed by atoms with Gasteiger partial charge in [-0.25, -0.2) is 0 Å². The fourth-order valence-electron chi connectivity index (χ4n) is 2.34. The van der Waals surface area contributed by atoms with Gasteiger partial charge in [-0.15, -0.1) is 0 Å². The number of hydrogen-bond donors (Lipinski definition) is 1. The van der Waals surface area contributed by atoms with Crippen LogP contribution in [0.3, 0.4) is 0 Å². The summed E-state index contributed by atoms with van der Waals surface area (Å²) < 4.78 is 1.12. The van der Waals surface area contributed by atoms with Crippen LogP contribution in [0.4, 0.5) is 0 Å². The van der Waals surface area contributed by atoms with E-state index >= 15 is 0 Å². The first-order valence-corrected chi connectivity index (χ1v) is 7.46. The molecule has 2 aromatic rings. The number of pyridine rings is 1. The summed E-state index contributed by atoms with van der Waals surface area (Å²) in [5.41, 5.74) is 9.65. The van der Waals surface area contributed by atoms with Gasteiger partial charge < -0.3 is 5.73 Å². The second-order valence-corrected chi connectivity index (χ2v) is 5.91. The molecule has 2 N–H and O–H groups in total. The van der Waals surface area contributed by atoms with Crippen molar-refractivity contribution >= 4 is 15.9 Å². The summed E-state index contributed by atoms with van der Waals surface area (Å²) in [6, 6.07) is 10.6. The summed E-state index contributed by atoms with van der Waals surface area (Å²) in [5.74, 6) is 0. The second-order valence-electron chi connectivity index (χ2n) is 5.05. The number of likely N-dealkylation sites (N-methyl/N-ethyl adjacent to an activating group) is 1. The highest BCUT2D eigenvalue weighted by atomic mass is 79.9. The van der Waals surface area contributed by atoms with Crippen molar-refractivity contribution in [2.45, 2.75) is 19.5 Å². The topological polar surface area (TPSA) is 42.1 Å². The first kappa shape index (κ1) is 15.2. The number of halogens is 1. The van der Waals surface area contributed by atoms with Gasteiger partial charge in [0, 0.05) is 36.0 Å². The predicted molar refractivity (Wildman–Crippen MR) is 86.4 cm³/mol. The molecule has 0 fully saturated rings. The maximum Gasteiger partial charge on any atom is 0.0482 e. The molecule has 106 valence electrons. The van der Waals surface area contributed by atoms with E-state index in [0.717, 1.165) is 11.0 Å². The molecule has 0 amide bonds. The van der Waals surface area contributed by atoms with Gasteiger partial charge in [-0.3, -0.25) is 9.88 Å². The monoisotopic (exact) mass is 333 g/mol. The van der Waals surface area contributed by atoms with E-state index in [1.807, 2.05) is 12.3 Å². The number of nitrogens with zero attached hydrogens (tertiary/aromatic N) is 2. The van der Waals surface area contributed by atoms with Gasteiger partial charge in [-0.2, -0.15) is 0 Å². The normalized spacial score (nSPS) is 12.7. The third kappa shape index (κ3) is 3.66. The third-order valence-electron chi connectivity index (χ3n) is 3.43. The lowest BCUT2D eigenvalue weighted by Crippen LogP contribution is -2.30. The fourth-order valence-corrected chi connectivity index (χ4v) is 3.09. The van der Waals surface area contributed by atoms with Crippen molar-refractivity contribution in [1.82, 2.24) is 9.88 Å². The Morgan fingerprint density at radius 3 is 2.75 bits per heavy atom. The highest BCUT2D eigenvalue weighted by Gasteiger charge is 2.18. The van der Waals surface area contributed by atoms with Crippen LogP contribution in [0.1, 0.15) is 22.7 Å². The molecule has 1 unspecified atom stereocenters. The molecule has 0 radical (unpaired) electrons. The van der Waals surface area contributed by atoms with E-state index in [1.165, 1.54) is 16.7 Å². The van der Waals surface area contributed by atoms with Crippen LogP contribution in [-0.4, -0.2) is 23.5 Å². The predicted octanol–water partition coefficient (Wildman–Crippen LogP) is 3.28. The molecule has 4 heteroatoms. The summed E-state index contributed by atoms with van der Waals surface area (Å²) in [4.78, 5) is 6.41. The van der Waals surface area contributed by atoms with Crippen LogP contribution in [0.25, 0.3) is 0 Å². The van der Waals surface area contributed by atoms with Crippen LogP contribution in [0.15, 0.2) is 47.2 Å². The maximum absolute atomic E-state index is 5.99. The van der Waals surface area contributed by atoms with Crippen LogP contribution in [-0.2, 0) is 6.54 Å². The van der Waals surface area contributed by atoms with Crippen molar-refractivity contribution in [3.8, 4) is 0 Å². The van der Waals surface area contributed by atoms with Crippen LogP contribution in [0.2, 0.25) is 0 Å². The quantitative estimate of drug-likeness (QED) is 0.912. The molecule has 0 saturated heterocycles. The second kappa shape index (κ2) is 6.97. The Kier molecular flexibility index (Phi) is 5.29. The standard InChI is InChI=1S/C16H20BrN3/c1-12-5-6-14(15(17)8-12)16(9-18)20(2)11-13-4-3-7-19-10-13/h3-8,10,16H,9,11,18H2,1-2H3. The molecule has 20 heavy (non-hydrogen) atoms. The molecule has 1 atom stereocenters. The van der Waals surface area contributed by atoms with Gasteiger partial charge in [0.1, 0.15) is 0 Å². The summed E-state index contributed by atoms with van der Waals surface area (Å²) in [6.07, 6.45) is 3.69. The van der Waals surface area contributed by atoms with Crippen LogP contribution >= 0.6 is 15.9 Å². The number of hydrogen-bond acceptors (Lipinski definition) is 3. The zero-order valence-corrected chi connectivity index (χ0v) is 13.5. The van der Waals surface area contributed by atoms with E-state index < -0.39 is 0 Å². The van der Waals surface area contributed by atoms with Gasteiger partial charge in [-0.1, -0.05) is 34.1 Å². The Bertz CT molecular complexity index is 557. The minimum absolute atomic E-state index is 0.185. The van der Waals surface area contributed by atoms with Gasteiger partial charge in [0.25, 0.3) is 0 Å². The molecule has 0 aliphatic heterocycles. The largest absolute Gasteiger partial charge is 0.329 e. The molecular weight excluding hydrogens is 314 g/mol. The van der Waals surface area contributed by atoms with Crippen molar-refractivity contribution in [2.75, 3.05) is 13.6 Å². The highest BCUT2D eigenvalue weighted by molar-refractivity contribution is 9.10. The molecule has 0 aliphatic carbocycles. The SMILES string of the molecule is Cc1ccc(C(CN)N(C)Cc2cccnc2)c(Br)c1. The lowest BCUT2D eigenvalue weighted by molar-refractivity contribution is 0.241. The molecule has 3 nitrogen and oxygen atoms in total. The highest BCUT2D eigenvalue weighted by Crippen LogP contribution is 2.28. The molecule has 0 aliphatic rings. The van der Waals surface area contributed by atoms with E-state index in [1.54, 1.807) is 6.20 Å². The first-order chi connectivity index (χ1) is 9.61. The molecule has 1 aromatic heterocycles. The fraction of sp³-hybridized carbons (Fsp3) is 0.312. The van der Waals surface area contributed by atoms with Gasteiger partial charge >= 0.3 is 0 Å². The van der Waals surface area contributed by atoms with Crippen LogP contribution in [0, 0.1) is 6.92 Å². The minimum Gasteiger partial charge on any atom is -0.329 e. The van der Waals surface area contributed by atoms with E-state index in [0.29, 0.717) is 6.54 Å². The molecule has 0 saturated carbocycles. The Morgan fingerprint density at radius 1 is 1.35 bits per heavy atom. The van der Waals surface area contributed by atoms with E-state index in [4.69, 9.17) is 5.73 Å². The lowest BCUT2D eigenvalue weighted by atomic mass is 10.0. The minimum atomic E-state index is 0.185. The molecule has 1 heterocycles. The Balaban J connectivity index is 2.19. The molecule has 0 spiro atoms. The van der Waals surface area contributed by atoms with Gasteiger partial charge in [0.15, 0.2) is 0 Å². The smallest absolute Gasteiger partial charge is 0.0482 e. The molecule has 1 aromatic carbocycles. The maximum atomic E-state index is 5.99. The summed E-state index contributed by atoms with van der Waals surface area (Å²) >= 11 is 3.65. The number of rotatable bonds is 5. The van der Waals surface area contributed by atoms with Crippen molar-refractivity contribution < 1.29 is 0 Å². The number of aryl methyl sites for hydroxylation is 1. The van der Waals surface area contributed by atoms with Crippen molar-refractivity contribution in [2.24, 2.45) is 5.73 Å². The Labute approximate surface area is 129 Å². The summed E-state index contributed by atoms with van der Waals surface area (Å²) in [6.45, 7) is 3.50. The van der Waals surface area contributed by atoms with E-state index in [2.05, 4.69) is 64.1 Å². The average Bonchev–Trinajstić information content (AvgIpc) is 2.43. The van der Waals surface area contributed by atoms with Gasteiger partial charge in [0.05, 0.1) is 0 Å². The summed E-state index contributed by atoms with van der Waals surface area (Å²) in [7, 11) is 2.09. The average molecular weight is 334 g/mol. The van der Waals surface area contributed by atoms with Crippen molar-refractivity contribution in [3.63, 3.8) is 0 Å². The van der Waals surface area contributed by atoms with Crippen molar-refractivity contribution in [3.05, 3.63) is 63.9 Å². The lowest BCUT2D eigenvalue weighted by Gasteiger charge is -2.28. The summed E-state index contributed by atoms with van der Waals surface area (Å²) in [5, 5.41) is 0. The number of aromatic nitrogens is 1. The van der Waals surface area contributed by atoms with E-state index in [-0.39, 0.29) is 6.04 Å². The van der Waals surface area contributed by atoms with Gasteiger partial charge in [-0.05, 0) is 42.8 Å². The van der Waals surface area contributed by atoms with Gasteiger partial charge in [0.2, 0.25) is 0 Å². The number of nitrogens with two attached hydrogens (primary N) is 1. The molecule has 0 bridgehead atoms. The van der Waals surface area contributed by atoms with Crippen LogP contribution < -0.4 is 5.73 Å². The van der Waals surface area contributed by atoms with Crippen molar-refractivity contribution in [1.29, 1.82) is 0 Å². The zero-order chi connectivity index (χ0) is 14.5. The zero-order valence-electron chi connectivity index (χ0n) is 11.9. The number of benzene rings is 1. The third-order valence-corrected chi connectivity index (χ3v) is 4.11. The Morgan fingerprint density at radius 2 is 2.15 bits per heavy atom. The molecule has 2 rings (SSSR count).